The quantitative estimate of drug-likeness (QED) is 0.399. The van der Waals surface area contributed by atoms with Crippen LogP contribution in [0.2, 0.25) is 0 Å². The fraction of sp³-hybridized carbons (Fsp3) is 0. The minimum atomic E-state index is 0.0254. The average Bonchev–Trinajstić information content (AvgIpc) is 2.29. The Balaban J connectivity index is 2.31. The van der Waals surface area contributed by atoms with E-state index in [1.165, 1.54) is 6.07 Å². The first-order chi connectivity index (χ1) is 8.06. The Morgan fingerprint density at radius 3 is 2.29 bits per heavy atom. The standard InChI is InChI=1S/C12H14N4O/c13-7-1-3-9(14)11(5-7)16-8-2-4-10(15)12(17)6-8/h1-6,16-17H,13-15H2. The minimum absolute atomic E-state index is 0.0254. The number of aromatic hydroxyl groups is 1. The molecule has 0 aliphatic heterocycles. The lowest BCUT2D eigenvalue weighted by Gasteiger charge is -2.11. The number of benzene rings is 2. The van der Waals surface area contributed by atoms with Crippen LogP contribution in [-0.2, 0) is 0 Å². The van der Waals surface area contributed by atoms with Crippen molar-refractivity contribution in [2.24, 2.45) is 0 Å². The smallest absolute Gasteiger partial charge is 0.140 e. The Morgan fingerprint density at radius 2 is 1.59 bits per heavy atom. The van der Waals surface area contributed by atoms with Crippen molar-refractivity contribution in [2.45, 2.75) is 0 Å². The maximum atomic E-state index is 9.48. The second-order valence-corrected chi connectivity index (χ2v) is 3.75. The molecule has 0 saturated carbocycles. The molecule has 8 N–H and O–H groups in total. The van der Waals surface area contributed by atoms with Gasteiger partial charge in [-0.15, -0.1) is 0 Å². The van der Waals surface area contributed by atoms with Crippen LogP contribution in [0.1, 0.15) is 0 Å². The molecule has 0 unspecified atom stereocenters. The molecule has 0 atom stereocenters. The molecule has 2 rings (SSSR count). The van der Waals surface area contributed by atoms with Gasteiger partial charge in [-0.25, -0.2) is 0 Å². The lowest BCUT2D eigenvalue weighted by atomic mass is 10.2. The zero-order valence-electron chi connectivity index (χ0n) is 9.14. The molecule has 2 aromatic carbocycles. The van der Waals surface area contributed by atoms with Gasteiger partial charge in [-0.2, -0.15) is 0 Å². The Hall–Kier alpha value is -2.56. The van der Waals surface area contributed by atoms with Gasteiger partial charge in [0.25, 0.3) is 0 Å². The van der Waals surface area contributed by atoms with Gasteiger partial charge in [0.15, 0.2) is 0 Å². The third-order valence-electron chi connectivity index (χ3n) is 2.39. The van der Waals surface area contributed by atoms with Crippen molar-refractivity contribution >= 4 is 28.4 Å². The molecule has 0 aliphatic carbocycles. The van der Waals surface area contributed by atoms with E-state index in [1.807, 2.05) is 0 Å². The second kappa shape index (κ2) is 4.13. The molecule has 0 aromatic heterocycles. The summed E-state index contributed by atoms with van der Waals surface area (Å²) in [6.07, 6.45) is 0. The Labute approximate surface area is 98.9 Å². The van der Waals surface area contributed by atoms with E-state index in [-0.39, 0.29) is 5.75 Å². The highest BCUT2D eigenvalue weighted by atomic mass is 16.3. The summed E-state index contributed by atoms with van der Waals surface area (Å²) in [5.74, 6) is 0.0254. The number of nitrogen functional groups attached to an aromatic ring is 3. The van der Waals surface area contributed by atoms with E-state index in [0.29, 0.717) is 28.4 Å². The molecule has 0 fully saturated rings. The molecule has 0 heterocycles. The summed E-state index contributed by atoms with van der Waals surface area (Å²) in [6.45, 7) is 0. The van der Waals surface area contributed by atoms with E-state index in [2.05, 4.69) is 5.32 Å². The highest BCUT2D eigenvalue weighted by molar-refractivity contribution is 5.77. The normalized spacial score (nSPS) is 10.1. The number of rotatable bonds is 2. The van der Waals surface area contributed by atoms with Crippen molar-refractivity contribution in [2.75, 3.05) is 22.5 Å². The predicted octanol–water partition coefficient (Wildman–Crippen LogP) is 1.88. The van der Waals surface area contributed by atoms with Crippen molar-refractivity contribution in [3.05, 3.63) is 36.4 Å². The summed E-state index contributed by atoms with van der Waals surface area (Å²) in [4.78, 5) is 0. The Kier molecular flexibility index (Phi) is 2.66. The number of hydrogen-bond acceptors (Lipinski definition) is 5. The maximum Gasteiger partial charge on any atom is 0.140 e. The van der Waals surface area contributed by atoms with Crippen LogP contribution in [0.4, 0.5) is 28.4 Å². The molecule has 5 nitrogen and oxygen atoms in total. The summed E-state index contributed by atoms with van der Waals surface area (Å²) in [7, 11) is 0. The molecule has 88 valence electrons. The fourth-order valence-electron chi connectivity index (χ4n) is 1.46. The van der Waals surface area contributed by atoms with Crippen molar-refractivity contribution in [3.63, 3.8) is 0 Å². The zero-order chi connectivity index (χ0) is 12.4. The van der Waals surface area contributed by atoms with Crippen LogP contribution in [0.15, 0.2) is 36.4 Å². The molecule has 2 aromatic rings. The zero-order valence-corrected chi connectivity index (χ0v) is 9.14. The Bertz CT molecular complexity index is 554. The van der Waals surface area contributed by atoms with Crippen LogP contribution >= 0.6 is 0 Å². The highest BCUT2D eigenvalue weighted by Gasteiger charge is 2.02. The third-order valence-corrected chi connectivity index (χ3v) is 2.39. The largest absolute Gasteiger partial charge is 0.506 e. The van der Waals surface area contributed by atoms with Crippen LogP contribution < -0.4 is 22.5 Å². The highest BCUT2D eigenvalue weighted by Crippen LogP contribution is 2.29. The third kappa shape index (κ3) is 2.34. The lowest BCUT2D eigenvalue weighted by Crippen LogP contribution is -1.98. The van der Waals surface area contributed by atoms with Crippen LogP contribution in [0.5, 0.6) is 5.75 Å². The van der Waals surface area contributed by atoms with Gasteiger partial charge in [0, 0.05) is 17.4 Å². The van der Waals surface area contributed by atoms with E-state index in [0.717, 1.165) is 0 Å². The van der Waals surface area contributed by atoms with E-state index >= 15 is 0 Å². The van der Waals surface area contributed by atoms with Crippen molar-refractivity contribution in [1.29, 1.82) is 0 Å². The van der Waals surface area contributed by atoms with Gasteiger partial charge in [-0.1, -0.05) is 0 Å². The van der Waals surface area contributed by atoms with E-state index in [9.17, 15) is 5.11 Å². The second-order valence-electron chi connectivity index (χ2n) is 3.75. The summed E-state index contributed by atoms with van der Waals surface area (Å²) in [5.41, 5.74) is 19.9. The number of nitrogens with two attached hydrogens (primary N) is 3. The first-order valence-corrected chi connectivity index (χ1v) is 5.07. The van der Waals surface area contributed by atoms with Gasteiger partial charge in [0.2, 0.25) is 0 Å². The van der Waals surface area contributed by atoms with Crippen LogP contribution in [0.25, 0.3) is 0 Å². The van der Waals surface area contributed by atoms with Gasteiger partial charge < -0.3 is 27.6 Å². The number of hydrogen-bond donors (Lipinski definition) is 5. The SMILES string of the molecule is Nc1ccc(N)c(Nc2ccc(N)c(O)c2)c1. The number of nitrogens with one attached hydrogen (secondary N) is 1. The van der Waals surface area contributed by atoms with Crippen molar-refractivity contribution in [3.8, 4) is 5.75 Å². The molecule has 17 heavy (non-hydrogen) atoms. The molecule has 0 saturated heterocycles. The summed E-state index contributed by atoms with van der Waals surface area (Å²) < 4.78 is 0. The molecular formula is C12H14N4O. The maximum absolute atomic E-state index is 9.48. The molecule has 5 heteroatoms. The van der Waals surface area contributed by atoms with Crippen LogP contribution in [0, 0.1) is 0 Å². The van der Waals surface area contributed by atoms with Gasteiger partial charge in [-0.05, 0) is 30.3 Å². The topological polar surface area (TPSA) is 110 Å². The predicted molar refractivity (Wildman–Crippen MR) is 71.1 cm³/mol. The van der Waals surface area contributed by atoms with E-state index < -0.39 is 0 Å². The number of phenolic OH excluding ortho intramolecular Hbond substituents is 1. The van der Waals surface area contributed by atoms with Gasteiger partial charge >= 0.3 is 0 Å². The molecule has 0 amide bonds. The van der Waals surface area contributed by atoms with Crippen molar-refractivity contribution < 1.29 is 5.11 Å². The minimum Gasteiger partial charge on any atom is -0.506 e. The van der Waals surface area contributed by atoms with Gasteiger partial charge in [0.1, 0.15) is 5.75 Å². The molecule has 0 bridgehead atoms. The van der Waals surface area contributed by atoms with E-state index in [4.69, 9.17) is 17.2 Å². The number of phenols is 1. The lowest BCUT2D eigenvalue weighted by molar-refractivity contribution is 0.478. The summed E-state index contributed by atoms with van der Waals surface area (Å²) >= 11 is 0. The van der Waals surface area contributed by atoms with E-state index in [1.54, 1.807) is 30.3 Å². The molecule has 0 radical (unpaired) electrons. The first kappa shape index (κ1) is 10.9. The summed E-state index contributed by atoms with van der Waals surface area (Å²) in [5, 5.41) is 12.5. The Morgan fingerprint density at radius 1 is 0.882 bits per heavy atom. The molecule has 0 spiro atoms. The monoisotopic (exact) mass is 230 g/mol. The first-order valence-electron chi connectivity index (χ1n) is 5.07. The van der Waals surface area contributed by atoms with Crippen LogP contribution in [0.3, 0.4) is 0 Å². The molecular weight excluding hydrogens is 216 g/mol. The van der Waals surface area contributed by atoms with Gasteiger partial charge in [-0.3, -0.25) is 0 Å². The fourth-order valence-corrected chi connectivity index (χ4v) is 1.46. The van der Waals surface area contributed by atoms with Gasteiger partial charge in [0.05, 0.1) is 17.1 Å². The molecule has 0 aliphatic rings. The van der Waals surface area contributed by atoms with Crippen molar-refractivity contribution in [1.82, 2.24) is 0 Å². The average molecular weight is 230 g/mol. The van der Waals surface area contributed by atoms with Crippen LogP contribution in [-0.4, -0.2) is 5.11 Å². The number of anilines is 5. The summed E-state index contributed by atoms with van der Waals surface area (Å²) in [6, 6.07) is 10.0.